The Hall–Kier alpha value is -1.17. The van der Waals surface area contributed by atoms with Crippen LogP contribution in [0.5, 0.6) is 0 Å². The summed E-state index contributed by atoms with van der Waals surface area (Å²) in [4.78, 5) is 22.4. The van der Waals surface area contributed by atoms with Gasteiger partial charge >= 0.3 is 0 Å². The molecule has 2 aliphatic heterocycles. The molecule has 0 N–H and O–H groups in total. The third-order valence-electron chi connectivity index (χ3n) is 4.30. The van der Waals surface area contributed by atoms with Gasteiger partial charge in [-0.15, -0.1) is 0 Å². The van der Waals surface area contributed by atoms with Crippen LogP contribution in [-0.4, -0.2) is 36.1 Å². The summed E-state index contributed by atoms with van der Waals surface area (Å²) < 4.78 is 0. The van der Waals surface area contributed by atoms with Crippen molar-refractivity contribution in [3.05, 3.63) is 38.8 Å². The first-order valence-electron chi connectivity index (χ1n) is 8.48. The fourth-order valence-electron chi connectivity index (χ4n) is 2.96. The minimum atomic E-state index is -0.0356. The number of carbonyl (C=O) groups excluding carboxylic acids is 1. The number of rotatable bonds is 5. The molecule has 1 aromatic carbocycles. The topological polar surface area (TPSA) is 35.9 Å². The fraction of sp³-hybridized carbons (Fsp3) is 0.444. The maximum atomic E-state index is 13.2. The number of fused-ring (bicyclic) bond motifs is 1. The largest absolute Gasteiger partial charge is 0.323 e. The predicted molar refractivity (Wildman–Crippen MR) is 108 cm³/mol. The molecule has 25 heavy (non-hydrogen) atoms. The lowest BCUT2D eigenvalue weighted by Gasteiger charge is -2.25. The van der Waals surface area contributed by atoms with Crippen LogP contribution in [0.15, 0.2) is 33.8 Å². The first-order valence-corrected chi connectivity index (χ1v) is 10.1. The SMILES string of the molecule is CCCCC1=C(C(=O)N(C)c2cc(Cl)cc(Cl)c2)SC2=NCCCN21. The van der Waals surface area contributed by atoms with Crippen LogP contribution in [0.3, 0.4) is 0 Å². The lowest BCUT2D eigenvalue weighted by molar-refractivity contribution is -0.114. The fourth-order valence-corrected chi connectivity index (χ4v) is 4.68. The van der Waals surface area contributed by atoms with Crippen LogP contribution in [0.2, 0.25) is 10.0 Å². The van der Waals surface area contributed by atoms with Gasteiger partial charge in [0.1, 0.15) is 4.91 Å². The van der Waals surface area contributed by atoms with Gasteiger partial charge in [0.05, 0.1) is 0 Å². The van der Waals surface area contributed by atoms with Gasteiger partial charge in [-0.1, -0.05) is 36.5 Å². The molecule has 0 atom stereocenters. The number of likely N-dealkylation sites (N-methyl/N-ethyl adjacent to an activating group) is 1. The average Bonchev–Trinajstić information content (AvgIpc) is 2.96. The second kappa shape index (κ2) is 8.02. The number of halogens is 2. The van der Waals surface area contributed by atoms with Crippen LogP contribution in [0.25, 0.3) is 0 Å². The van der Waals surface area contributed by atoms with Crippen molar-refractivity contribution in [1.82, 2.24) is 4.90 Å². The number of benzene rings is 1. The molecule has 0 radical (unpaired) electrons. The third-order valence-corrected chi connectivity index (χ3v) is 5.88. The number of hydrogen-bond acceptors (Lipinski definition) is 4. The first-order chi connectivity index (χ1) is 12.0. The summed E-state index contributed by atoms with van der Waals surface area (Å²) in [5.41, 5.74) is 1.80. The molecule has 3 rings (SSSR count). The minimum absolute atomic E-state index is 0.0356. The van der Waals surface area contributed by atoms with Crippen LogP contribution in [0, 0.1) is 0 Å². The molecule has 0 aliphatic carbocycles. The monoisotopic (exact) mass is 397 g/mol. The van der Waals surface area contributed by atoms with E-state index in [0.717, 1.165) is 54.5 Å². The Morgan fingerprint density at radius 3 is 2.72 bits per heavy atom. The zero-order valence-electron chi connectivity index (χ0n) is 14.4. The highest BCUT2D eigenvalue weighted by atomic mass is 35.5. The Kier molecular flexibility index (Phi) is 5.97. The number of aliphatic imine (C=N–C) groups is 1. The van der Waals surface area contributed by atoms with Crippen LogP contribution in [0.4, 0.5) is 5.69 Å². The van der Waals surface area contributed by atoms with Gasteiger partial charge in [0.15, 0.2) is 5.17 Å². The zero-order valence-corrected chi connectivity index (χ0v) is 16.7. The summed E-state index contributed by atoms with van der Waals surface area (Å²) in [6.07, 6.45) is 4.08. The van der Waals surface area contributed by atoms with E-state index in [9.17, 15) is 4.79 Å². The highest BCUT2D eigenvalue weighted by Gasteiger charge is 2.35. The minimum Gasteiger partial charge on any atom is -0.323 e. The first kappa shape index (κ1) is 18.6. The zero-order chi connectivity index (χ0) is 18.0. The van der Waals surface area contributed by atoms with Crippen molar-refractivity contribution < 1.29 is 4.79 Å². The van der Waals surface area contributed by atoms with Gasteiger partial charge in [0.2, 0.25) is 0 Å². The van der Waals surface area contributed by atoms with E-state index in [1.165, 1.54) is 11.8 Å². The van der Waals surface area contributed by atoms with Crippen LogP contribution in [0.1, 0.15) is 32.6 Å². The number of unbranched alkanes of at least 4 members (excludes halogenated alkanes) is 1. The van der Waals surface area contributed by atoms with Crippen molar-refractivity contribution in [2.24, 2.45) is 4.99 Å². The molecule has 134 valence electrons. The third kappa shape index (κ3) is 3.99. The van der Waals surface area contributed by atoms with Gasteiger partial charge < -0.3 is 9.80 Å². The molecule has 2 heterocycles. The Balaban J connectivity index is 1.92. The van der Waals surface area contributed by atoms with Gasteiger partial charge in [-0.25, -0.2) is 0 Å². The Labute approximate surface area is 162 Å². The summed E-state index contributed by atoms with van der Waals surface area (Å²) in [6.45, 7) is 3.94. The number of allylic oxidation sites excluding steroid dienone is 1. The standard InChI is InChI=1S/C18H21Cl2N3OS/c1-3-4-6-15-16(25-18-21-7-5-8-23(15)18)17(24)22(2)14-10-12(19)9-13(20)11-14/h9-11H,3-8H2,1-2H3. The van der Waals surface area contributed by atoms with Gasteiger partial charge in [0, 0.05) is 41.6 Å². The normalized spacial score (nSPS) is 16.8. The number of carbonyl (C=O) groups is 1. The number of amidine groups is 1. The van der Waals surface area contributed by atoms with Crippen LogP contribution >= 0.6 is 35.0 Å². The molecule has 0 saturated carbocycles. The maximum absolute atomic E-state index is 13.2. The number of anilines is 1. The van der Waals surface area contributed by atoms with Crippen molar-refractivity contribution in [2.75, 3.05) is 25.0 Å². The Morgan fingerprint density at radius 2 is 2.04 bits per heavy atom. The molecule has 0 saturated heterocycles. The summed E-state index contributed by atoms with van der Waals surface area (Å²) in [5, 5.41) is 1.99. The second-order valence-electron chi connectivity index (χ2n) is 6.14. The molecule has 0 bridgehead atoms. The molecule has 0 spiro atoms. The molecule has 7 heteroatoms. The number of amides is 1. The summed E-state index contributed by atoms with van der Waals surface area (Å²) >= 11 is 13.7. The van der Waals surface area contributed by atoms with Gasteiger partial charge in [-0.05, 0) is 49.2 Å². The smallest absolute Gasteiger partial charge is 0.266 e. The van der Waals surface area contributed by atoms with Crippen molar-refractivity contribution in [3.8, 4) is 0 Å². The van der Waals surface area contributed by atoms with Crippen molar-refractivity contribution in [2.45, 2.75) is 32.6 Å². The molecular formula is C18H21Cl2N3OS. The van der Waals surface area contributed by atoms with Gasteiger partial charge in [-0.2, -0.15) is 0 Å². The van der Waals surface area contributed by atoms with E-state index in [1.807, 2.05) is 0 Å². The predicted octanol–water partition coefficient (Wildman–Crippen LogP) is 5.17. The van der Waals surface area contributed by atoms with E-state index < -0.39 is 0 Å². The van der Waals surface area contributed by atoms with Crippen molar-refractivity contribution >= 4 is 51.7 Å². The van der Waals surface area contributed by atoms with Gasteiger partial charge in [-0.3, -0.25) is 9.79 Å². The number of nitrogens with zero attached hydrogens (tertiary/aromatic N) is 3. The van der Waals surface area contributed by atoms with Crippen LogP contribution in [-0.2, 0) is 4.79 Å². The highest BCUT2D eigenvalue weighted by Crippen LogP contribution is 2.40. The van der Waals surface area contributed by atoms with Gasteiger partial charge in [0.25, 0.3) is 5.91 Å². The quantitative estimate of drug-likeness (QED) is 0.687. The van der Waals surface area contributed by atoms with E-state index in [1.54, 1.807) is 30.1 Å². The van der Waals surface area contributed by atoms with E-state index >= 15 is 0 Å². The number of thioether (sulfide) groups is 1. The Bertz CT molecular complexity index is 728. The molecular weight excluding hydrogens is 377 g/mol. The second-order valence-corrected chi connectivity index (χ2v) is 7.99. The van der Waals surface area contributed by atoms with E-state index in [4.69, 9.17) is 23.2 Å². The Morgan fingerprint density at radius 1 is 1.32 bits per heavy atom. The maximum Gasteiger partial charge on any atom is 0.266 e. The molecule has 2 aliphatic rings. The van der Waals surface area contributed by atoms with E-state index in [-0.39, 0.29) is 5.91 Å². The van der Waals surface area contributed by atoms with Crippen molar-refractivity contribution in [3.63, 3.8) is 0 Å². The average molecular weight is 398 g/mol. The molecule has 4 nitrogen and oxygen atoms in total. The van der Waals surface area contributed by atoms with E-state index in [0.29, 0.717) is 15.7 Å². The molecule has 1 amide bonds. The highest BCUT2D eigenvalue weighted by molar-refractivity contribution is 8.18. The lowest BCUT2D eigenvalue weighted by atomic mass is 10.1. The summed E-state index contributed by atoms with van der Waals surface area (Å²) in [7, 11) is 1.76. The van der Waals surface area contributed by atoms with Crippen LogP contribution < -0.4 is 4.90 Å². The van der Waals surface area contributed by atoms with Crippen molar-refractivity contribution in [1.29, 1.82) is 0 Å². The van der Waals surface area contributed by atoms with E-state index in [2.05, 4.69) is 16.8 Å². The molecule has 0 fully saturated rings. The molecule has 1 aromatic rings. The molecule has 0 unspecified atom stereocenters. The summed E-state index contributed by atoms with van der Waals surface area (Å²) in [6, 6.07) is 5.17. The summed E-state index contributed by atoms with van der Waals surface area (Å²) in [5.74, 6) is -0.0356. The lowest BCUT2D eigenvalue weighted by Crippen LogP contribution is -2.30. The molecule has 0 aromatic heterocycles. The number of hydrogen-bond donors (Lipinski definition) is 0.